The van der Waals surface area contributed by atoms with Crippen LogP contribution >= 0.6 is 0 Å². The number of aromatic nitrogens is 3. The third-order valence-electron chi connectivity index (χ3n) is 2.36. The molecule has 0 spiro atoms. The number of hydrogen-bond donors (Lipinski definition) is 1. The number of rotatable bonds is 4. The maximum absolute atomic E-state index is 11.7. The second-order valence-corrected chi connectivity index (χ2v) is 3.73. The topological polar surface area (TPSA) is 59.8 Å². The van der Waals surface area contributed by atoms with E-state index in [4.69, 9.17) is 0 Å². The molecule has 0 aliphatic carbocycles. The Morgan fingerprint density at radius 3 is 3.00 bits per heavy atom. The van der Waals surface area contributed by atoms with Crippen molar-refractivity contribution in [3.63, 3.8) is 0 Å². The highest BCUT2D eigenvalue weighted by Gasteiger charge is 2.06. The first-order chi connectivity index (χ1) is 8.25. The van der Waals surface area contributed by atoms with Gasteiger partial charge >= 0.3 is 0 Å². The quantitative estimate of drug-likeness (QED) is 0.844. The molecule has 0 saturated heterocycles. The zero-order chi connectivity index (χ0) is 12.1. The lowest BCUT2D eigenvalue weighted by atomic mass is 10.2. The maximum atomic E-state index is 11.7. The van der Waals surface area contributed by atoms with Crippen LogP contribution in [0.2, 0.25) is 0 Å². The normalized spacial score (nSPS) is 10.2. The van der Waals surface area contributed by atoms with Crippen LogP contribution in [0.15, 0.2) is 36.8 Å². The van der Waals surface area contributed by atoms with Crippen molar-refractivity contribution in [1.29, 1.82) is 0 Å². The molecule has 0 aliphatic heterocycles. The monoisotopic (exact) mass is 230 g/mol. The van der Waals surface area contributed by atoms with Crippen molar-refractivity contribution in [1.82, 2.24) is 20.1 Å². The molecular weight excluding hydrogens is 216 g/mol. The van der Waals surface area contributed by atoms with Gasteiger partial charge < -0.3 is 5.32 Å². The van der Waals surface area contributed by atoms with Crippen molar-refractivity contribution >= 4 is 5.91 Å². The number of hydrogen-bond acceptors (Lipinski definition) is 3. The van der Waals surface area contributed by atoms with Crippen LogP contribution in [0.3, 0.4) is 0 Å². The first-order valence-corrected chi connectivity index (χ1v) is 5.42. The van der Waals surface area contributed by atoms with Gasteiger partial charge in [-0.3, -0.25) is 14.5 Å². The van der Waals surface area contributed by atoms with E-state index in [1.54, 1.807) is 30.3 Å². The molecule has 2 heterocycles. The minimum Gasteiger partial charge on any atom is -0.352 e. The molecule has 0 saturated carbocycles. The molecule has 0 radical (unpaired) electrons. The summed E-state index contributed by atoms with van der Waals surface area (Å²) in [6.07, 6.45) is 5.72. The molecule has 0 aliphatic rings. The van der Waals surface area contributed by atoms with Crippen LogP contribution in [0, 0.1) is 0 Å². The highest BCUT2D eigenvalue weighted by atomic mass is 16.1. The standard InChI is InChI=1S/C12H14N4O/c1-16-9-10(8-15-16)12(17)14-7-5-11-4-2-3-6-13-11/h2-4,6,8-9H,5,7H2,1H3,(H,14,17). The van der Waals surface area contributed by atoms with E-state index in [-0.39, 0.29) is 5.91 Å². The van der Waals surface area contributed by atoms with E-state index in [0.29, 0.717) is 12.1 Å². The van der Waals surface area contributed by atoms with Crippen molar-refractivity contribution in [3.8, 4) is 0 Å². The van der Waals surface area contributed by atoms with Crippen molar-refractivity contribution in [3.05, 3.63) is 48.0 Å². The van der Waals surface area contributed by atoms with Crippen molar-refractivity contribution < 1.29 is 4.79 Å². The highest BCUT2D eigenvalue weighted by Crippen LogP contribution is 1.97. The number of aryl methyl sites for hydroxylation is 1. The lowest BCUT2D eigenvalue weighted by Crippen LogP contribution is -2.25. The Labute approximate surface area is 99.5 Å². The van der Waals surface area contributed by atoms with Gasteiger partial charge in [0.15, 0.2) is 0 Å². The van der Waals surface area contributed by atoms with Crippen molar-refractivity contribution in [2.24, 2.45) is 7.05 Å². The van der Waals surface area contributed by atoms with E-state index in [1.165, 1.54) is 0 Å². The summed E-state index contributed by atoms with van der Waals surface area (Å²) in [6, 6.07) is 5.75. The lowest BCUT2D eigenvalue weighted by molar-refractivity contribution is 0.0954. The molecule has 17 heavy (non-hydrogen) atoms. The van der Waals surface area contributed by atoms with E-state index in [9.17, 15) is 4.79 Å². The Hall–Kier alpha value is -2.17. The summed E-state index contributed by atoms with van der Waals surface area (Å²) >= 11 is 0. The summed E-state index contributed by atoms with van der Waals surface area (Å²) < 4.78 is 1.60. The van der Waals surface area contributed by atoms with Crippen LogP contribution in [0.25, 0.3) is 0 Å². The number of carbonyl (C=O) groups is 1. The van der Waals surface area contributed by atoms with E-state index in [1.807, 2.05) is 18.2 Å². The van der Waals surface area contributed by atoms with E-state index in [0.717, 1.165) is 12.1 Å². The molecule has 0 fully saturated rings. The zero-order valence-electron chi connectivity index (χ0n) is 9.63. The Kier molecular flexibility index (Phi) is 3.49. The van der Waals surface area contributed by atoms with E-state index in [2.05, 4.69) is 15.4 Å². The van der Waals surface area contributed by atoms with E-state index < -0.39 is 0 Å². The molecule has 5 heteroatoms. The summed E-state index contributed by atoms with van der Waals surface area (Å²) in [5.41, 5.74) is 1.55. The van der Waals surface area contributed by atoms with Gasteiger partial charge in [0.05, 0.1) is 11.8 Å². The Morgan fingerprint density at radius 2 is 2.35 bits per heavy atom. The van der Waals surface area contributed by atoms with Gasteiger partial charge in [0.1, 0.15) is 0 Å². The molecule has 2 aromatic heterocycles. The second kappa shape index (κ2) is 5.25. The molecule has 1 amide bonds. The summed E-state index contributed by atoms with van der Waals surface area (Å²) in [6.45, 7) is 0.574. The van der Waals surface area contributed by atoms with Crippen LogP contribution in [0.4, 0.5) is 0 Å². The number of carbonyl (C=O) groups excluding carboxylic acids is 1. The van der Waals surface area contributed by atoms with Crippen LogP contribution in [-0.2, 0) is 13.5 Å². The lowest BCUT2D eigenvalue weighted by Gasteiger charge is -2.02. The SMILES string of the molecule is Cn1cc(C(=O)NCCc2ccccn2)cn1. The molecular formula is C12H14N4O. The zero-order valence-corrected chi connectivity index (χ0v) is 9.63. The minimum atomic E-state index is -0.103. The van der Waals surface area contributed by atoms with Gasteiger partial charge in [-0.25, -0.2) is 0 Å². The van der Waals surface area contributed by atoms with Crippen LogP contribution < -0.4 is 5.32 Å². The van der Waals surface area contributed by atoms with Gasteiger partial charge in [-0.1, -0.05) is 6.07 Å². The Balaban J connectivity index is 1.81. The van der Waals surface area contributed by atoms with Crippen molar-refractivity contribution in [2.45, 2.75) is 6.42 Å². The fourth-order valence-electron chi connectivity index (χ4n) is 1.49. The molecule has 88 valence electrons. The summed E-state index contributed by atoms with van der Waals surface area (Å²) in [5.74, 6) is -0.103. The average molecular weight is 230 g/mol. The van der Waals surface area contributed by atoms with Crippen LogP contribution in [0.1, 0.15) is 16.1 Å². The van der Waals surface area contributed by atoms with Gasteiger partial charge in [0.2, 0.25) is 0 Å². The maximum Gasteiger partial charge on any atom is 0.254 e. The number of nitrogens with zero attached hydrogens (tertiary/aromatic N) is 3. The molecule has 0 bridgehead atoms. The number of amides is 1. The Bertz CT molecular complexity index is 492. The third-order valence-corrected chi connectivity index (χ3v) is 2.36. The van der Waals surface area contributed by atoms with Crippen LogP contribution in [0.5, 0.6) is 0 Å². The first-order valence-electron chi connectivity index (χ1n) is 5.42. The largest absolute Gasteiger partial charge is 0.352 e. The average Bonchev–Trinajstić information content (AvgIpc) is 2.77. The van der Waals surface area contributed by atoms with Crippen LogP contribution in [-0.4, -0.2) is 27.2 Å². The fraction of sp³-hybridized carbons (Fsp3) is 0.250. The third kappa shape index (κ3) is 3.14. The minimum absolute atomic E-state index is 0.103. The molecule has 5 nitrogen and oxygen atoms in total. The molecule has 2 rings (SSSR count). The molecule has 0 atom stereocenters. The Morgan fingerprint density at radius 1 is 1.47 bits per heavy atom. The highest BCUT2D eigenvalue weighted by molar-refractivity contribution is 5.93. The summed E-state index contributed by atoms with van der Waals surface area (Å²) in [7, 11) is 1.78. The molecule has 0 unspecified atom stereocenters. The van der Waals surface area contributed by atoms with E-state index >= 15 is 0 Å². The summed E-state index contributed by atoms with van der Waals surface area (Å²) in [4.78, 5) is 15.8. The first kappa shape index (κ1) is 11.3. The molecule has 1 N–H and O–H groups in total. The summed E-state index contributed by atoms with van der Waals surface area (Å²) in [5, 5.41) is 6.78. The van der Waals surface area contributed by atoms with Gasteiger partial charge in [-0.15, -0.1) is 0 Å². The van der Waals surface area contributed by atoms with Crippen molar-refractivity contribution in [2.75, 3.05) is 6.54 Å². The smallest absolute Gasteiger partial charge is 0.254 e. The molecule has 2 aromatic rings. The number of pyridine rings is 1. The fourth-order valence-corrected chi connectivity index (χ4v) is 1.49. The predicted molar refractivity (Wildman–Crippen MR) is 63.5 cm³/mol. The second-order valence-electron chi connectivity index (χ2n) is 3.73. The number of nitrogens with one attached hydrogen (secondary N) is 1. The van der Waals surface area contributed by atoms with Gasteiger partial charge in [0.25, 0.3) is 5.91 Å². The van der Waals surface area contributed by atoms with Gasteiger partial charge in [-0.05, 0) is 12.1 Å². The van der Waals surface area contributed by atoms with Gasteiger partial charge in [-0.2, -0.15) is 5.10 Å². The predicted octanol–water partition coefficient (Wildman–Crippen LogP) is 0.788. The van der Waals surface area contributed by atoms with Gasteiger partial charge in [0, 0.05) is 38.1 Å². The molecule has 0 aromatic carbocycles.